The summed E-state index contributed by atoms with van der Waals surface area (Å²) in [5.74, 6) is 1.92. The van der Waals surface area contributed by atoms with Gasteiger partial charge in [0.1, 0.15) is 29.3 Å². The third-order valence-corrected chi connectivity index (χ3v) is 7.59. The van der Waals surface area contributed by atoms with Crippen LogP contribution in [0.3, 0.4) is 0 Å². The monoisotopic (exact) mass is 523 g/mol. The zero-order valence-corrected chi connectivity index (χ0v) is 21.9. The van der Waals surface area contributed by atoms with E-state index in [2.05, 4.69) is 15.3 Å². The first-order valence-electron chi connectivity index (χ1n) is 13.7. The van der Waals surface area contributed by atoms with Crippen molar-refractivity contribution in [3.05, 3.63) is 73.1 Å². The van der Waals surface area contributed by atoms with E-state index in [0.29, 0.717) is 30.6 Å². The summed E-state index contributed by atoms with van der Waals surface area (Å²) >= 11 is 0. The summed E-state index contributed by atoms with van der Waals surface area (Å²) < 4.78 is 7.85. The SMILES string of the molecule is Nc1ncnc2c1c(-c1ccc(Oc3ccccc3)cc1)nn2C1CCN(C(=O)C=CCNC2CCCC2)C1. The van der Waals surface area contributed by atoms with Gasteiger partial charge < -0.3 is 20.7 Å². The number of hydrogen-bond acceptors (Lipinski definition) is 7. The molecule has 3 heterocycles. The summed E-state index contributed by atoms with van der Waals surface area (Å²) in [6.45, 7) is 1.97. The fourth-order valence-electron chi connectivity index (χ4n) is 5.53. The number of ether oxygens (including phenoxy) is 1. The van der Waals surface area contributed by atoms with Crippen molar-refractivity contribution < 1.29 is 9.53 Å². The Morgan fingerprint density at radius 3 is 2.59 bits per heavy atom. The maximum Gasteiger partial charge on any atom is 0.246 e. The van der Waals surface area contributed by atoms with Crippen LogP contribution in [0.15, 0.2) is 73.1 Å². The van der Waals surface area contributed by atoms with E-state index in [-0.39, 0.29) is 11.9 Å². The van der Waals surface area contributed by atoms with E-state index >= 15 is 0 Å². The molecule has 1 aliphatic carbocycles. The van der Waals surface area contributed by atoms with Crippen molar-refractivity contribution in [2.24, 2.45) is 0 Å². The highest BCUT2D eigenvalue weighted by Gasteiger charge is 2.30. The van der Waals surface area contributed by atoms with Crippen molar-refractivity contribution in [3.8, 4) is 22.8 Å². The van der Waals surface area contributed by atoms with Gasteiger partial charge in [-0.1, -0.05) is 37.1 Å². The number of nitrogen functional groups attached to an aromatic ring is 1. The van der Waals surface area contributed by atoms with E-state index in [4.69, 9.17) is 15.6 Å². The minimum Gasteiger partial charge on any atom is -0.457 e. The number of para-hydroxylation sites is 1. The highest BCUT2D eigenvalue weighted by molar-refractivity contribution is 5.98. The van der Waals surface area contributed by atoms with Gasteiger partial charge in [-0.15, -0.1) is 0 Å². The quantitative estimate of drug-likeness (QED) is 0.321. The van der Waals surface area contributed by atoms with Crippen molar-refractivity contribution in [3.63, 3.8) is 0 Å². The van der Waals surface area contributed by atoms with Gasteiger partial charge in [0.15, 0.2) is 5.65 Å². The molecule has 200 valence electrons. The molecular weight excluding hydrogens is 490 g/mol. The third-order valence-electron chi connectivity index (χ3n) is 7.59. The molecule has 0 bridgehead atoms. The number of likely N-dealkylation sites (tertiary alicyclic amines) is 1. The molecule has 39 heavy (non-hydrogen) atoms. The van der Waals surface area contributed by atoms with Gasteiger partial charge in [-0.3, -0.25) is 4.79 Å². The van der Waals surface area contributed by atoms with Crippen LogP contribution in [-0.2, 0) is 4.79 Å². The van der Waals surface area contributed by atoms with Gasteiger partial charge in [0.05, 0.1) is 11.4 Å². The van der Waals surface area contributed by atoms with E-state index in [1.807, 2.05) is 70.3 Å². The van der Waals surface area contributed by atoms with Crippen LogP contribution in [-0.4, -0.2) is 56.2 Å². The molecule has 1 atom stereocenters. The summed E-state index contributed by atoms with van der Waals surface area (Å²) in [5.41, 5.74) is 8.61. The van der Waals surface area contributed by atoms with Crippen LogP contribution in [0, 0.1) is 0 Å². The number of fused-ring (bicyclic) bond motifs is 1. The lowest BCUT2D eigenvalue weighted by molar-refractivity contribution is -0.125. The average Bonchev–Trinajstić information content (AvgIpc) is 3.73. The Morgan fingerprint density at radius 2 is 1.79 bits per heavy atom. The molecule has 6 rings (SSSR count). The van der Waals surface area contributed by atoms with Crippen LogP contribution in [0.4, 0.5) is 5.82 Å². The number of carbonyl (C=O) groups excluding carboxylic acids is 1. The van der Waals surface area contributed by atoms with Crippen LogP contribution in [0.5, 0.6) is 11.5 Å². The summed E-state index contributed by atoms with van der Waals surface area (Å²) in [6.07, 6.45) is 10.9. The third kappa shape index (κ3) is 5.49. The second-order valence-corrected chi connectivity index (χ2v) is 10.2. The van der Waals surface area contributed by atoms with Gasteiger partial charge in [-0.2, -0.15) is 5.10 Å². The standard InChI is InChI=1S/C30H33N7O2/c31-29-27-28(21-12-14-25(15-13-21)39-24-9-2-1-3-10-24)35-37(30(27)34-20-33-29)23-16-18-36(19-23)26(38)11-6-17-32-22-7-4-5-8-22/h1-3,6,9-15,20,22-23,32H,4-5,7-8,16-19H2,(H2,31,33,34). The highest BCUT2D eigenvalue weighted by Crippen LogP contribution is 2.35. The first-order valence-corrected chi connectivity index (χ1v) is 13.7. The van der Waals surface area contributed by atoms with Crippen molar-refractivity contribution in [2.75, 3.05) is 25.4 Å². The van der Waals surface area contributed by atoms with Crippen molar-refractivity contribution in [2.45, 2.75) is 44.2 Å². The molecule has 2 fully saturated rings. The van der Waals surface area contributed by atoms with E-state index in [1.165, 1.54) is 32.0 Å². The molecule has 1 saturated carbocycles. The van der Waals surface area contributed by atoms with E-state index in [9.17, 15) is 4.79 Å². The van der Waals surface area contributed by atoms with Crippen molar-refractivity contribution in [1.82, 2.24) is 30.0 Å². The molecular formula is C30H33N7O2. The molecule has 1 saturated heterocycles. The van der Waals surface area contributed by atoms with E-state index in [0.717, 1.165) is 41.1 Å². The zero-order chi connectivity index (χ0) is 26.6. The molecule has 9 nitrogen and oxygen atoms in total. The molecule has 1 unspecified atom stereocenters. The number of nitrogens with one attached hydrogen (secondary N) is 1. The van der Waals surface area contributed by atoms with Gasteiger partial charge >= 0.3 is 0 Å². The number of hydrogen-bond donors (Lipinski definition) is 2. The number of nitrogens with two attached hydrogens (primary N) is 1. The Morgan fingerprint density at radius 1 is 1.03 bits per heavy atom. The molecule has 1 amide bonds. The maximum atomic E-state index is 12.8. The molecule has 2 aliphatic rings. The van der Waals surface area contributed by atoms with Crippen LogP contribution >= 0.6 is 0 Å². The van der Waals surface area contributed by atoms with E-state index in [1.54, 1.807) is 6.08 Å². The predicted molar refractivity (Wildman–Crippen MR) is 151 cm³/mol. The zero-order valence-electron chi connectivity index (χ0n) is 21.9. The first kappa shape index (κ1) is 25.1. The molecule has 2 aromatic carbocycles. The van der Waals surface area contributed by atoms with Crippen LogP contribution in [0.2, 0.25) is 0 Å². The summed E-state index contributed by atoms with van der Waals surface area (Å²) in [5, 5.41) is 9.19. The lowest BCUT2D eigenvalue weighted by Gasteiger charge is -2.15. The molecule has 9 heteroatoms. The number of carbonyl (C=O) groups is 1. The van der Waals surface area contributed by atoms with Crippen molar-refractivity contribution in [1.29, 1.82) is 0 Å². The Balaban J connectivity index is 1.18. The largest absolute Gasteiger partial charge is 0.457 e. The second-order valence-electron chi connectivity index (χ2n) is 10.2. The smallest absolute Gasteiger partial charge is 0.246 e. The fourth-order valence-corrected chi connectivity index (χ4v) is 5.53. The summed E-state index contributed by atoms with van der Waals surface area (Å²) in [7, 11) is 0. The van der Waals surface area contributed by atoms with Gasteiger partial charge in [0.25, 0.3) is 0 Å². The van der Waals surface area contributed by atoms with Gasteiger partial charge in [-0.05, 0) is 55.7 Å². The molecule has 4 aromatic rings. The lowest BCUT2D eigenvalue weighted by Crippen LogP contribution is -2.29. The Kier molecular flexibility index (Phi) is 7.23. The summed E-state index contributed by atoms with van der Waals surface area (Å²) in [4.78, 5) is 23.5. The van der Waals surface area contributed by atoms with Gasteiger partial charge in [0, 0.05) is 37.3 Å². The van der Waals surface area contributed by atoms with Crippen molar-refractivity contribution >= 4 is 22.8 Å². The lowest BCUT2D eigenvalue weighted by atomic mass is 10.1. The Bertz CT molecular complexity index is 1460. The van der Waals surface area contributed by atoms with Crippen LogP contribution in [0.1, 0.15) is 38.1 Å². The normalized spacial score (nSPS) is 17.9. The Hall–Kier alpha value is -4.24. The molecule has 2 aromatic heterocycles. The number of benzene rings is 2. The average molecular weight is 524 g/mol. The minimum absolute atomic E-state index is 0.00482. The van der Waals surface area contributed by atoms with Crippen LogP contribution in [0.25, 0.3) is 22.3 Å². The number of rotatable bonds is 8. The van der Waals surface area contributed by atoms with Crippen LogP contribution < -0.4 is 15.8 Å². The molecule has 3 N–H and O–H groups in total. The number of anilines is 1. The topological polar surface area (TPSA) is 111 Å². The number of nitrogens with zero attached hydrogens (tertiary/aromatic N) is 5. The summed E-state index contributed by atoms with van der Waals surface area (Å²) in [6, 6.07) is 18.0. The molecule has 0 radical (unpaired) electrons. The molecule has 1 aliphatic heterocycles. The number of aromatic nitrogens is 4. The Labute approximate surface area is 227 Å². The second kappa shape index (κ2) is 11.2. The van der Waals surface area contributed by atoms with Gasteiger partial charge in [-0.25, -0.2) is 14.6 Å². The predicted octanol–water partition coefficient (Wildman–Crippen LogP) is 4.73. The molecule has 0 spiro atoms. The minimum atomic E-state index is 0.00482. The number of amides is 1. The first-order chi connectivity index (χ1) is 19.2. The highest BCUT2D eigenvalue weighted by atomic mass is 16.5. The van der Waals surface area contributed by atoms with Gasteiger partial charge in [0.2, 0.25) is 5.91 Å². The fraction of sp³-hybridized carbons (Fsp3) is 0.333. The van der Waals surface area contributed by atoms with E-state index < -0.39 is 0 Å². The maximum absolute atomic E-state index is 12.8.